The number of ether oxygens (including phenoxy) is 1. The van der Waals surface area contributed by atoms with Crippen LogP contribution in [0.15, 0.2) is 29.2 Å². The first-order valence-corrected chi connectivity index (χ1v) is 6.80. The van der Waals surface area contributed by atoms with Gasteiger partial charge in [0.2, 0.25) is 10.0 Å². The van der Waals surface area contributed by atoms with Crippen LogP contribution in [0.5, 0.6) is 5.75 Å². The lowest BCUT2D eigenvalue weighted by molar-refractivity contribution is 0.181. The number of phenolic OH excluding ortho intramolecular Hbond substituents is 1. The average Bonchev–Trinajstić information content (AvgIpc) is 2.81. The van der Waals surface area contributed by atoms with E-state index < -0.39 is 10.0 Å². The molecule has 1 unspecified atom stereocenters. The van der Waals surface area contributed by atoms with Crippen LogP contribution < -0.4 is 0 Å². The third-order valence-electron chi connectivity index (χ3n) is 2.91. The molecule has 94 valence electrons. The van der Waals surface area contributed by atoms with Gasteiger partial charge in [-0.1, -0.05) is 6.07 Å². The highest BCUT2D eigenvalue weighted by Gasteiger charge is 2.30. The highest BCUT2D eigenvalue weighted by Crippen LogP contribution is 2.23. The predicted octanol–water partition coefficient (Wildman–Crippen LogP) is 0.802. The maximum atomic E-state index is 12.2. The third kappa shape index (κ3) is 2.43. The number of aromatic hydroxyl groups is 1. The van der Waals surface area contributed by atoms with Crippen LogP contribution in [0.4, 0.5) is 0 Å². The molecule has 1 N–H and O–H groups in total. The van der Waals surface area contributed by atoms with Crippen molar-refractivity contribution < 1.29 is 18.3 Å². The van der Waals surface area contributed by atoms with E-state index in [2.05, 4.69) is 0 Å². The van der Waals surface area contributed by atoms with Crippen LogP contribution in [0, 0.1) is 0 Å². The van der Waals surface area contributed by atoms with Gasteiger partial charge in [0.15, 0.2) is 0 Å². The molecule has 1 aromatic carbocycles. The molecule has 1 aliphatic heterocycles. The molecule has 0 saturated carbocycles. The molecule has 0 spiro atoms. The molecule has 1 atom stereocenters. The van der Waals surface area contributed by atoms with E-state index in [1.165, 1.54) is 28.6 Å². The van der Waals surface area contributed by atoms with Crippen molar-refractivity contribution in [1.29, 1.82) is 0 Å². The first-order chi connectivity index (χ1) is 8.01. The van der Waals surface area contributed by atoms with Crippen LogP contribution in [0.3, 0.4) is 0 Å². The summed E-state index contributed by atoms with van der Waals surface area (Å²) in [5, 5.41) is 9.32. The minimum Gasteiger partial charge on any atom is -0.508 e. The van der Waals surface area contributed by atoms with E-state index in [0.717, 1.165) is 0 Å². The quantitative estimate of drug-likeness (QED) is 0.870. The minimum absolute atomic E-state index is 0.0536. The van der Waals surface area contributed by atoms with Crippen molar-refractivity contribution in [2.24, 2.45) is 0 Å². The summed E-state index contributed by atoms with van der Waals surface area (Å²) in [7, 11) is -2.01. The van der Waals surface area contributed by atoms with Gasteiger partial charge in [0.05, 0.1) is 17.5 Å². The van der Waals surface area contributed by atoms with Crippen molar-refractivity contribution in [2.75, 3.05) is 20.3 Å². The smallest absolute Gasteiger partial charge is 0.243 e. The summed E-state index contributed by atoms with van der Waals surface area (Å²) in [6.45, 7) is 1.01. The van der Waals surface area contributed by atoms with Gasteiger partial charge in [0.25, 0.3) is 0 Å². The zero-order chi connectivity index (χ0) is 12.5. The molecule has 2 rings (SSSR count). The third-order valence-corrected chi connectivity index (χ3v) is 4.82. The van der Waals surface area contributed by atoms with Gasteiger partial charge in [0.1, 0.15) is 5.75 Å². The normalized spacial score (nSPS) is 20.9. The van der Waals surface area contributed by atoms with Crippen molar-refractivity contribution in [3.8, 4) is 5.75 Å². The fraction of sp³-hybridized carbons (Fsp3) is 0.455. The zero-order valence-electron chi connectivity index (χ0n) is 9.54. The van der Waals surface area contributed by atoms with E-state index in [0.29, 0.717) is 19.6 Å². The maximum Gasteiger partial charge on any atom is 0.243 e. The first kappa shape index (κ1) is 12.3. The van der Waals surface area contributed by atoms with Crippen molar-refractivity contribution in [1.82, 2.24) is 4.31 Å². The minimum atomic E-state index is -3.55. The topological polar surface area (TPSA) is 66.8 Å². The second-order valence-corrected chi connectivity index (χ2v) is 6.03. The fourth-order valence-electron chi connectivity index (χ4n) is 1.82. The summed E-state index contributed by atoms with van der Waals surface area (Å²) < 4.78 is 31.0. The molecular weight excluding hydrogens is 242 g/mol. The molecule has 1 saturated heterocycles. The van der Waals surface area contributed by atoms with Gasteiger partial charge in [0, 0.05) is 13.7 Å². The van der Waals surface area contributed by atoms with E-state index in [1.807, 2.05) is 0 Å². The Morgan fingerprint density at radius 1 is 1.47 bits per heavy atom. The summed E-state index contributed by atoms with van der Waals surface area (Å²) in [4.78, 5) is 0.104. The lowest BCUT2D eigenvalue weighted by atomic mass is 10.3. The molecule has 0 radical (unpaired) electrons. The molecule has 0 amide bonds. The molecule has 1 fully saturated rings. The molecule has 5 nitrogen and oxygen atoms in total. The number of nitrogens with zero attached hydrogens (tertiary/aromatic N) is 1. The highest BCUT2D eigenvalue weighted by atomic mass is 32.2. The van der Waals surface area contributed by atoms with Crippen molar-refractivity contribution in [3.63, 3.8) is 0 Å². The number of hydrogen-bond acceptors (Lipinski definition) is 4. The molecule has 1 aliphatic rings. The van der Waals surface area contributed by atoms with Crippen molar-refractivity contribution in [2.45, 2.75) is 17.4 Å². The van der Waals surface area contributed by atoms with E-state index in [-0.39, 0.29) is 16.7 Å². The van der Waals surface area contributed by atoms with E-state index >= 15 is 0 Å². The molecule has 1 heterocycles. The molecule has 17 heavy (non-hydrogen) atoms. The monoisotopic (exact) mass is 257 g/mol. The fourth-order valence-corrected chi connectivity index (χ4v) is 3.23. The Morgan fingerprint density at radius 3 is 2.82 bits per heavy atom. The Labute approximate surface area is 101 Å². The molecular formula is C11H15NO4S. The number of hydrogen-bond donors (Lipinski definition) is 1. The van der Waals surface area contributed by atoms with Crippen LogP contribution in [0.2, 0.25) is 0 Å². The van der Waals surface area contributed by atoms with Gasteiger partial charge >= 0.3 is 0 Å². The number of likely N-dealkylation sites (N-methyl/N-ethyl adjacent to an activating group) is 1. The molecule has 1 aromatic rings. The summed E-state index contributed by atoms with van der Waals surface area (Å²) >= 11 is 0. The summed E-state index contributed by atoms with van der Waals surface area (Å²) in [5.74, 6) is -0.0536. The maximum absolute atomic E-state index is 12.2. The summed E-state index contributed by atoms with van der Waals surface area (Å²) in [6, 6.07) is 5.56. The SMILES string of the molecule is CN(C1CCOC1)S(=O)(=O)c1cccc(O)c1. The second kappa shape index (κ2) is 4.64. The lowest BCUT2D eigenvalue weighted by Gasteiger charge is -2.22. The Bertz CT molecular complexity index is 494. The van der Waals surface area contributed by atoms with Crippen LogP contribution in [0.1, 0.15) is 6.42 Å². The predicted molar refractivity (Wildman–Crippen MR) is 62.3 cm³/mol. The van der Waals surface area contributed by atoms with Gasteiger partial charge in [-0.15, -0.1) is 0 Å². The Balaban J connectivity index is 2.29. The van der Waals surface area contributed by atoms with Gasteiger partial charge < -0.3 is 9.84 Å². The number of phenols is 1. The van der Waals surface area contributed by atoms with Crippen molar-refractivity contribution >= 4 is 10.0 Å². The summed E-state index contributed by atoms with van der Waals surface area (Å²) in [6.07, 6.45) is 0.703. The Kier molecular flexibility index (Phi) is 3.37. The number of sulfonamides is 1. The lowest BCUT2D eigenvalue weighted by Crippen LogP contribution is -2.37. The Hall–Kier alpha value is -1.11. The molecule has 0 aromatic heterocycles. The molecule has 0 aliphatic carbocycles. The average molecular weight is 257 g/mol. The first-order valence-electron chi connectivity index (χ1n) is 5.36. The highest BCUT2D eigenvalue weighted by molar-refractivity contribution is 7.89. The largest absolute Gasteiger partial charge is 0.508 e. The van der Waals surface area contributed by atoms with Gasteiger partial charge in [-0.05, 0) is 24.6 Å². The molecule has 0 bridgehead atoms. The van der Waals surface area contributed by atoms with Gasteiger partial charge in [-0.2, -0.15) is 4.31 Å². The van der Waals surface area contributed by atoms with E-state index in [4.69, 9.17) is 4.74 Å². The van der Waals surface area contributed by atoms with Gasteiger partial charge in [-0.25, -0.2) is 8.42 Å². The standard InChI is InChI=1S/C11H15NO4S/c1-12(9-5-6-16-8-9)17(14,15)11-4-2-3-10(13)7-11/h2-4,7,9,13H,5-6,8H2,1H3. The Morgan fingerprint density at radius 2 is 2.24 bits per heavy atom. The van der Waals surface area contributed by atoms with Crippen LogP contribution >= 0.6 is 0 Å². The van der Waals surface area contributed by atoms with E-state index in [9.17, 15) is 13.5 Å². The summed E-state index contributed by atoms with van der Waals surface area (Å²) in [5.41, 5.74) is 0. The van der Waals surface area contributed by atoms with Gasteiger partial charge in [-0.3, -0.25) is 0 Å². The number of benzene rings is 1. The van der Waals surface area contributed by atoms with Crippen LogP contribution in [0.25, 0.3) is 0 Å². The van der Waals surface area contributed by atoms with Crippen LogP contribution in [-0.2, 0) is 14.8 Å². The second-order valence-electron chi connectivity index (χ2n) is 4.04. The van der Waals surface area contributed by atoms with Crippen molar-refractivity contribution in [3.05, 3.63) is 24.3 Å². The van der Waals surface area contributed by atoms with E-state index in [1.54, 1.807) is 7.05 Å². The molecule has 6 heteroatoms. The van der Waals surface area contributed by atoms with Crippen LogP contribution in [-0.4, -0.2) is 44.1 Å². The zero-order valence-corrected chi connectivity index (χ0v) is 10.4. The number of rotatable bonds is 3.